The number of benzene rings is 1. The molecule has 2 fully saturated rings. The van der Waals surface area contributed by atoms with Crippen molar-refractivity contribution in [1.82, 2.24) is 9.80 Å². The highest BCUT2D eigenvalue weighted by Gasteiger charge is 2.73. The first-order chi connectivity index (χ1) is 18.8. The summed E-state index contributed by atoms with van der Waals surface area (Å²) in [5.74, 6) is -0.699. The number of hydrogen-bond acceptors (Lipinski definition) is 6. The molecule has 3 amide bonds. The molecule has 1 aromatic rings. The van der Waals surface area contributed by atoms with Crippen molar-refractivity contribution in [3.63, 3.8) is 0 Å². The van der Waals surface area contributed by atoms with Gasteiger partial charge in [0.15, 0.2) is 0 Å². The van der Waals surface area contributed by atoms with E-state index in [-0.39, 0.29) is 24.3 Å². The first kappa shape index (κ1) is 27.8. The van der Waals surface area contributed by atoms with E-state index in [2.05, 4.69) is 32.1 Å². The second-order valence-corrected chi connectivity index (χ2v) is 12.8. The normalized spacial score (nSPS) is 31.7. The molecule has 4 aliphatic heterocycles. The van der Waals surface area contributed by atoms with E-state index in [9.17, 15) is 19.5 Å². The second kappa shape index (κ2) is 11.0. The number of thioether (sulfide) groups is 1. The third-order valence-electron chi connectivity index (χ3n) is 8.58. The number of aliphatic hydroxyl groups excluding tert-OH is 1. The van der Waals surface area contributed by atoms with Crippen molar-refractivity contribution in [3.8, 4) is 5.75 Å². The molecule has 1 spiro atoms. The number of carbonyl (C=O) groups is 3. The van der Waals surface area contributed by atoms with Gasteiger partial charge in [-0.2, -0.15) is 0 Å². The number of fused-ring (bicyclic) bond motifs is 2. The highest BCUT2D eigenvalue weighted by atomic mass is 32.2. The van der Waals surface area contributed by atoms with Crippen LogP contribution in [-0.2, 0) is 14.4 Å². The van der Waals surface area contributed by atoms with Gasteiger partial charge in [0.2, 0.25) is 11.8 Å². The number of methoxy groups -OCH3 is 1. The number of carbonyl (C=O) groups excluding carboxylic acids is 3. The lowest BCUT2D eigenvalue weighted by Gasteiger charge is -2.37. The molecule has 8 nitrogen and oxygen atoms in total. The van der Waals surface area contributed by atoms with Crippen molar-refractivity contribution >= 4 is 35.2 Å². The summed E-state index contributed by atoms with van der Waals surface area (Å²) in [6.45, 7) is 6.20. The lowest BCUT2D eigenvalue weighted by molar-refractivity contribution is -0.143. The molecular weight excluding hydrogens is 514 g/mol. The number of unbranched alkanes of at least 4 members (excludes halogenated alkanes) is 2. The minimum Gasteiger partial charge on any atom is -0.497 e. The molecule has 1 unspecified atom stereocenters. The van der Waals surface area contributed by atoms with Crippen LogP contribution in [0, 0.1) is 11.8 Å². The summed E-state index contributed by atoms with van der Waals surface area (Å²) in [6, 6.07) is 6.67. The minimum absolute atomic E-state index is 0.00469. The molecule has 39 heavy (non-hydrogen) atoms. The average molecular weight is 554 g/mol. The molecule has 5 atom stereocenters. The lowest BCUT2D eigenvalue weighted by Crippen LogP contribution is -2.53. The minimum atomic E-state index is -0.846. The van der Waals surface area contributed by atoms with Crippen LogP contribution in [0.5, 0.6) is 5.75 Å². The molecule has 210 valence electrons. The summed E-state index contributed by atoms with van der Waals surface area (Å²) in [5, 5.41) is 9.28. The molecule has 0 aliphatic carbocycles. The molecule has 9 heteroatoms. The molecule has 4 aliphatic rings. The summed E-state index contributed by atoms with van der Waals surface area (Å²) in [5.41, 5.74) is 0.743. The van der Waals surface area contributed by atoms with Crippen molar-refractivity contribution in [1.29, 1.82) is 0 Å². The van der Waals surface area contributed by atoms with E-state index in [1.54, 1.807) is 28.7 Å². The van der Waals surface area contributed by atoms with E-state index in [0.717, 1.165) is 18.5 Å². The highest BCUT2D eigenvalue weighted by molar-refractivity contribution is 8.02. The van der Waals surface area contributed by atoms with Gasteiger partial charge in [0.25, 0.3) is 5.91 Å². The van der Waals surface area contributed by atoms with E-state index in [1.165, 1.54) is 0 Å². The van der Waals surface area contributed by atoms with Crippen LogP contribution in [0.3, 0.4) is 0 Å². The Morgan fingerprint density at radius 2 is 1.69 bits per heavy atom. The molecule has 1 N–H and O–H groups in total. The zero-order valence-electron chi connectivity index (χ0n) is 23.0. The van der Waals surface area contributed by atoms with Gasteiger partial charge < -0.3 is 24.5 Å². The van der Waals surface area contributed by atoms with Crippen LogP contribution in [0.25, 0.3) is 0 Å². The zero-order valence-corrected chi connectivity index (χ0v) is 23.9. The largest absolute Gasteiger partial charge is 0.497 e. The summed E-state index contributed by atoms with van der Waals surface area (Å²) >= 11 is 1.62. The van der Waals surface area contributed by atoms with Crippen molar-refractivity contribution in [2.45, 2.75) is 55.1 Å². The van der Waals surface area contributed by atoms with Crippen molar-refractivity contribution in [2.24, 2.45) is 11.8 Å². The first-order valence-corrected chi connectivity index (χ1v) is 14.8. The maximum Gasteiger partial charge on any atom is 0.251 e. The van der Waals surface area contributed by atoms with E-state index in [4.69, 9.17) is 4.74 Å². The van der Waals surface area contributed by atoms with Gasteiger partial charge in [-0.15, -0.1) is 11.8 Å². The molecule has 1 aromatic carbocycles. The fourth-order valence-electron chi connectivity index (χ4n) is 6.85. The van der Waals surface area contributed by atoms with Gasteiger partial charge >= 0.3 is 0 Å². The van der Waals surface area contributed by atoms with Gasteiger partial charge in [0.05, 0.1) is 23.7 Å². The monoisotopic (exact) mass is 553 g/mol. The third kappa shape index (κ3) is 4.57. The number of likely N-dealkylation sites (tertiary alicyclic amines) is 1. The molecule has 0 bridgehead atoms. The van der Waals surface area contributed by atoms with Gasteiger partial charge in [-0.1, -0.05) is 31.2 Å². The molecule has 0 aromatic heterocycles. The van der Waals surface area contributed by atoms with Gasteiger partial charge in [-0.25, -0.2) is 0 Å². The average Bonchev–Trinajstić information content (AvgIpc) is 3.19. The molecule has 0 saturated carbocycles. The lowest BCUT2D eigenvalue weighted by atomic mass is 9.74. The van der Waals surface area contributed by atoms with Crippen molar-refractivity contribution in [3.05, 3.63) is 48.6 Å². The van der Waals surface area contributed by atoms with Crippen molar-refractivity contribution in [2.75, 3.05) is 44.8 Å². The Morgan fingerprint density at radius 3 is 2.38 bits per heavy atom. The fraction of sp³-hybridized carbons (Fsp3) is 0.567. The van der Waals surface area contributed by atoms with Gasteiger partial charge in [-0.3, -0.25) is 14.4 Å². The van der Waals surface area contributed by atoms with Gasteiger partial charge in [0, 0.05) is 43.2 Å². The Morgan fingerprint density at radius 1 is 0.949 bits per heavy atom. The van der Waals surface area contributed by atoms with Crippen LogP contribution in [0.4, 0.5) is 5.69 Å². The Hall–Kier alpha value is -2.78. The van der Waals surface area contributed by atoms with E-state index in [0.29, 0.717) is 44.8 Å². The summed E-state index contributed by atoms with van der Waals surface area (Å²) < 4.78 is 3.86. The van der Waals surface area contributed by atoms with Crippen LogP contribution in [-0.4, -0.2) is 88.1 Å². The van der Waals surface area contributed by atoms with E-state index < -0.39 is 27.4 Å². The molecule has 0 radical (unpaired) electrons. The highest BCUT2D eigenvalue weighted by Crippen LogP contribution is 2.65. The number of anilines is 1. The SMILES string of the molecule is CCCN1CC=C[C@]2(C)S[C@]34C=CCN(c5ccc(OC)cc5)C(=O)C3N(CCCCCO)C(=O)[C@@H]4[C@@H]2C1=O. The standard InChI is InChI=1S/C30H39N3O5S/c1-4-16-31-17-8-14-29(2)23(26(31)35)24-27(36)33(18-6-5-7-20-34)25-28(37)32(19-9-15-30(24,25)39-29)21-10-12-22(38-3)13-11-21/h8-15,23-25,34H,4-7,16-20H2,1-3H3/t23-,24+,25?,29+,30+/m1/s1. The van der Waals surface area contributed by atoms with Crippen LogP contribution in [0.15, 0.2) is 48.6 Å². The van der Waals surface area contributed by atoms with Crippen LogP contribution in [0.2, 0.25) is 0 Å². The summed E-state index contributed by atoms with van der Waals surface area (Å²) in [7, 11) is 1.61. The van der Waals surface area contributed by atoms with Gasteiger partial charge in [0.1, 0.15) is 11.8 Å². The van der Waals surface area contributed by atoms with E-state index in [1.807, 2.05) is 35.2 Å². The Bertz CT molecular complexity index is 1170. The molecule has 2 saturated heterocycles. The Balaban J connectivity index is 1.58. The maximum absolute atomic E-state index is 14.5. The number of nitrogens with zero attached hydrogens (tertiary/aromatic N) is 3. The maximum atomic E-state index is 14.5. The van der Waals surface area contributed by atoms with Crippen molar-refractivity contribution < 1.29 is 24.2 Å². The quantitative estimate of drug-likeness (QED) is 0.373. The smallest absolute Gasteiger partial charge is 0.251 e. The second-order valence-electron chi connectivity index (χ2n) is 11.0. The molecule has 5 rings (SSSR count). The first-order valence-electron chi connectivity index (χ1n) is 14.0. The summed E-state index contributed by atoms with van der Waals surface area (Å²) in [6.07, 6.45) is 11.2. The van der Waals surface area contributed by atoms with Crippen LogP contribution >= 0.6 is 11.8 Å². The molecular formula is C30H39N3O5S. The zero-order chi connectivity index (χ0) is 27.8. The Kier molecular flexibility index (Phi) is 7.84. The predicted octanol–water partition coefficient (Wildman–Crippen LogP) is 3.26. The van der Waals surface area contributed by atoms with Crippen LogP contribution in [0.1, 0.15) is 39.5 Å². The number of rotatable bonds is 9. The fourth-order valence-corrected chi connectivity index (χ4v) is 9.01. The number of ether oxygens (including phenoxy) is 1. The predicted molar refractivity (Wildman–Crippen MR) is 153 cm³/mol. The summed E-state index contributed by atoms with van der Waals surface area (Å²) in [4.78, 5) is 48.2. The molecule has 4 heterocycles. The Labute approximate surface area is 235 Å². The number of amides is 3. The van der Waals surface area contributed by atoms with Crippen LogP contribution < -0.4 is 9.64 Å². The van der Waals surface area contributed by atoms with Gasteiger partial charge in [-0.05, 0) is 56.9 Å². The number of hydrogen-bond donors (Lipinski definition) is 1. The topological polar surface area (TPSA) is 90.4 Å². The number of aliphatic hydroxyl groups is 1. The van der Waals surface area contributed by atoms with E-state index >= 15 is 0 Å². The third-order valence-corrected chi connectivity index (χ3v) is 10.4.